The summed E-state index contributed by atoms with van der Waals surface area (Å²) in [5.41, 5.74) is 2.75. The average molecular weight is 301 g/mol. The van der Waals surface area contributed by atoms with E-state index in [1.165, 1.54) is 6.07 Å². The molecule has 4 N–H and O–H groups in total. The van der Waals surface area contributed by atoms with Crippen LogP contribution in [0.15, 0.2) is 29.2 Å². The van der Waals surface area contributed by atoms with E-state index in [1.54, 1.807) is 18.2 Å². The summed E-state index contributed by atoms with van der Waals surface area (Å²) in [5, 5.41) is 0. The zero-order valence-electron chi connectivity index (χ0n) is 11.9. The molecule has 0 aliphatic carbocycles. The monoisotopic (exact) mass is 301 g/mol. The second-order valence-electron chi connectivity index (χ2n) is 4.86. The lowest BCUT2D eigenvalue weighted by atomic mass is 10.2. The Hall–Kier alpha value is -1.15. The number of benzene rings is 1. The maximum absolute atomic E-state index is 12.1. The lowest BCUT2D eigenvalue weighted by Crippen LogP contribution is -2.27. The van der Waals surface area contributed by atoms with Gasteiger partial charge >= 0.3 is 0 Å². The molecule has 1 rings (SSSR count). The van der Waals surface area contributed by atoms with Crippen molar-refractivity contribution in [1.82, 2.24) is 4.72 Å². The predicted octanol–water partition coefficient (Wildman–Crippen LogP) is 1.31. The van der Waals surface area contributed by atoms with E-state index in [0.717, 1.165) is 0 Å². The number of hydrazine groups is 1. The summed E-state index contributed by atoms with van der Waals surface area (Å²) in [6.07, 6.45) is 0.629. The Morgan fingerprint density at radius 2 is 2.00 bits per heavy atom. The van der Waals surface area contributed by atoms with Gasteiger partial charge < -0.3 is 10.2 Å². The summed E-state index contributed by atoms with van der Waals surface area (Å²) < 4.78 is 32.1. The minimum absolute atomic E-state index is 0.144. The Labute approximate surface area is 120 Å². The summed E-state index contributed by atoms with van der Waals surface area (Å²) in [6, 6.07) is 6.49. The summed E-state index contributed by atoms with van der Waals surface area (Å²) in [4.78, 5) is 0.144. The molecule has 0 aliphatic rings. The molecule has 0 unspecified atom stereocenters. The van der Waals surface area contributed by atoms with E-state index in [2.05, 4.69) is 24.0 Å². The van der Waals surface area contributed by atoms with Gasteiger partial charge in [0.25, 0.3) is 0 Å². The zero-order chi connectivity index (χ0) is 15.0. The molecule has 0 aliphatic heterocycles. The second-order valence-corrected chi connectivity index (χ2v) is 6.60. The van der Waals surface area contributed by atoms with E-state index in [0.29, 0.717) is 37.8 Å². The van der Waals surface area contributed by atoms with Crippen LogP contribution < -0.4 is 16.0 Å². The van der Waals surface area contributed by atoms with Crippen LogP contribution in [-0.4, -0.2) is 28.2 Å². The van der Waals surface area contributed by atoms with Gasteiger partial charge in [-0.25, -0.2) is 13.1 Å². The third-order valence-electron chi connectivity index (χ3n) is 2.54. The topological polar surface area (TPSA) is 93.4 Å². The molecule has 1 aromatic rings. The summed E-state index contributed by atoms with van der Waals surface area (Å²) in [6.45, 7) is 5.70. The molecule has 0 fully saturated rings. The molecule has 7 heteroatoms. The maximum Gasteiger partial charge on any atom is 0.242 e. The zero-order valence-corrected chi connectivity index (χ0v) is 12.7. The fraction of sp³-hybridized carbons (Fsp3) is 0.538. The second kappa shape index (κ2) is 8.21. The molecular formula is C13H23N3O3S. The largest absolute Gasteiger partial charge is 0.381 e. The van der Waals surface area contributed by atoms with Crippen LogP contribution in [0, 0.1) is 5.92 Å². The highest BCUT2D eigenvalue weighted by Crippen LogP contribution is 2.19. The first-order chi connectivity index (χ1) is 9.47. The maximum atomic E-state index is 12.1. The Bertz CT molecular complexity index is 503. The van der Waals surface area contributed by atoms with Crippen molar-refractivity contribution in [2.45, 2.75) is 25.2 Å². The Kier molecular flexibility index (Phi) is 6.94. The Balaban J connectivity index is 2.46. The molecular weight excluding hydrogens is 278 g/mol. The summed E-state index contributed by atoms with van der Waals surface area (Å²) >= 11 is 0. The van der Waals surface area contributed by atoms with Crippen LogP contribution in [0.3, 0.4) is 0 Å². The van der Waals surface area contributed by atoms with Gasteiger partial charge in [0, 0.05) is 19.8 Å². The van der Waals surface area contributed by atoms with Crippen molar-refractivity contribution in [2.75, 3.05) is 25.2 Å². The Morgan fingerprint density at radius 1 is 1.30 bits per heavy atom. The van der Waals surface area contributed by atoms with Crippen LogP contribution >= 0.6 is 0 Å². The molecule has 0 heterocycles. The summed E-state index contributed by atoms with van der Waals surface area (Å²) in [5.74, 6) is 5.79. The molecule has 0 saturated carbocycles. The van der Waals surface area contributed by atoms with Crippen molar-refractivity contribution in [2.24, 2.45) is 11.8 Å². The smallest absolute Gasteiger partial charge is 0.242 e. The molecule has 0 amide bonds. The molecule has 6 nitrogen and oxygen atoms in total. The van der Waals surface area contributed by atoms with Crippen molar-refractivity contribution in [3.63, 3.8) is 0 Å². The number of rotatable bonds is 9. The first-order valence-electron chi connectivity index (χ1n) is 6.60. The normalized spacial score (nSPS) is 11.8. The van der Waals surface area contributed by atoms with Gasteiger partial charge in [-0.3, -0.25) is 5.84 Å². The van der Waals surface area contributed by atoms with Crippen LogP contribution in [0.25, 0.3) is 0 Å². The fourth-order valence-corrected chi connectivity index (χ4v) is 2.84. The minimum atomic E-state index is -3.55. The molecule has 0 bridgehead atoms. The third-order valence-corrected chi connectivity index (χ3v) is 4.06. The molecule has 0 atom stereocenters. The van der Waals surface area contributed by atoms with Gasteiger partial charge in [0.05, 0.1) is 5.69 Å². The molecule has 1 aromatic carbocycles. The highest BCUT2D eigenvalue weighted by Gasteiger charge is 2.16. The van der Waals surface area contributed by atoms with Crippen molar-refractivity contribution in [1.29, 1.82) is 0 Å². The van der Waals surface area contributed by atoms with Crippen molar-refractivity contribution in [3.05, 3.63) is 24.3 Å². The summed E-state index contributed by atoms with van der Waals surface area (Å²) in [7, 11) is -3.55. The van der Waals surface area contributed by atoms with Crippen molar-refractivity contribution in [3.8, 4) is 0 Å². The van der Waals surface area contributed by atoms with E-state index in [4.69, 9.17) is 10.6 Å². The van der Waals surface area contributed by atoms with Crippen molar-refractivity contribution < 1.29 is 13.2 Å². The van der Waals surface area contributed by atoms with Crippen LogP contribution in [-0.2, 0) is 14.8 Å². The number of nitrogens with two attached hydrogens (primary N) is 1. The Morgan fingerprint density at radius 3 is 2.65 bits per heavy atom. The van der Waals surface area contributed by atoms with Gasteiger partial charge in [-0.1, -0.05) is 26.0 Å². The number of ether oxygens (including phenoxy) is 1. The van der Waals surface area contributed by atoms with Gasteiger partial charge in [0.2, 0.25) is 10.0 Å². The van der Waals surface area contributed by atoms with Gasteiger partial charge in [0.1, 0.15) is 4.90 Å². The highest BCUT2D eigenvalue weighted by atomic mass is 32.2. The average Bonchev–Trinajstić information content (AvgIpc) is 2.42. The van der Waals surface area contributed by atoms with E-state index in [9.17, 15) is 8.42 Å². The van der Waals surface area contributed by atoms with Gasteiger partial charge in [-0.2, -0.15) is 0 Å². The molecule has 0 radical (unpaired) electrons. The first kappa shape index (κ1) is 16.9. The SMILES string of the molecule is CC(C)COCCCNS(=O)(=O)c1ccccc1NN. The number of anilines is 1. The lowest BCUT2D eigenvalue weighted by molar-refractivity contribution is 0.108. The predicted molar refractivity (Wildman–Crippen MR) is 79.7 cm³/mol. The van der Waals surface area contributed by atoms with Crippen LogP contribution in [0.4, 0.5) is 5.69 Å². The standard InChI is InChI=1S/C13H23N3O3S/c1-11(2)10-19-9-5-8-15-20(17,18)13-7-4-3-6-12(13)16-14/h3-4,6-7,11,15-16H,5,8-10,14H2,1-2H3. The molecule has 0 saturated heterocycles. The van der Waals surface area contributed by atoms with Gasteiger partial charge in [-0.05, 0) is 24.5 Å². The molecule has 114 valence electrons. The van der Waals surface area contributed by atoms with Gasteiger partial charge in [0.15, 0.2) is 0 Å². The minimum Gasteiger partial charge on any atom is -0.381 e. The highest BCUT2D eigenvalue weighted by molar-refractivity contribution is 7.89. The van der Waals surface area contributed by atoms with E-state index < -0.39 is 10.0 Å². The van der Waals surface area contributed by atoms with Crippen molar-refractivity contribution >= 4 is 15.7 Å². The molecule has 0 aromatic heterocycles. The van der Waals surface area contributed by atoms with E-state index in [1.807, 2.05) is 0 Å². The fourth-order valence-electron chi connectivity index (χ4n) is 1.60. The lowest BCUT2D eigenvalue weighted by Gasteiger charge is -2.11. The number of hydrogen-bond donors (Lipinski definition) is 3. The first-order valence-corrected chi connectivity index (χ1v) is 8.08. The molecule has 20 heavy (non-hydrogen) atoms. The number of sulfonamides is 1. The van der Waals surface area contributed by atoms with E-state index in [-0.39, 0.29) is 4.90 Å². The number of nitrogens with one attached hydrogen (secondary N) is 2. The van der Waals surface area contributed by atoms with Gasteiger partial charge in [-0.15, -0.1) is 0 Å². The number of hydrogen-bond acceptors (Lipinski definition) is 5. The van der Waals surface area contributed by atoms with Crippen LogP contribution in [0.1, 0.15) is 20.3 Å². The van der Waals surface area contributed by atoms with Crippen LogP contribution in [0.2, 0.25) is 0 Å². The third kappa shape index (κ3) is 5.46. The molecule has 0 spiro atoms. The van der Waals surface area contributed by atoms with Crippen LogP contribution in [0.5, 0.6) is 0 Å². The number of para-hydroxylation sites is 1. The number of nitrogen functional groups attached to an aromatic ring is 1. The quantitative estimate of drug-likeness (QED) is 0.363. The van der Waals surface area contributed by atoms with E-state index >= 15 is 0 Å².